The Kier molecular flexibility index (Phi) is 4.73. The zero-order valence-electron chi connectivity index (χ0n) is 12.3. The summed E-state index contributed by atoms with van der Waals surface area (Å²) in [6.45, 7) is 1.95. The molecule has 0 fully saturated rings. The summed E-state index contributed by atoms with van der Waals surface area (Å²) < 4.78 is 1.81. The van der Waals surface area contributed by atoms with Crippen LogP contribution in [0.4, 0.5) is 5.69 Å². The number of aryl methyl sites for hydroxylation is 1. The van der Waals surface area contributed by atoms with Gasteiger partial charge in [-0.15, -0.1) is 24.8 Å². The molecule has 118 valence electrons. The van der Waals surface area contributed by atoms with Crippen molar-refractivity contribution in [3.63, 3.8) is 0 Å². The fourth-order valence-corrected chi connectivity index (χ4v) is 2.65. The summed E-state index contributed by atoms with van der Waals surface area (Å²) in [7, 11) is 0. The van der Waals surface area contributed by atoms with Crippen LogP contribution in [0.2, 0.25) is 0 Å². The van der Waals surface area contributed by atoms with E-state index in [-0.39, 0.29) is 24.8 Å². The standard InChI is InChI=1S/C16H13N5.2ClH/c1-10-14-15(17)12-4-2-3-5-13(12)19-16(14)21(20-10)11-6-8-18-9-7-11;;/h2-9H,1H3,(H2,17,19);2*1H. The molecule has 7 heteroatoms. The van der Waals surface area contributed by atoms with E-state index in [9.17, 15) is 0 Å². The molecule has 4 rings (SSSR count). The van der Waals surface area contributed by atoms with Crippen molar-refractivity contribution in [2.24, 2.45) is 0 Å². The minimum atomic E-state index is 0. The molecule has 0 aliphatic rings. The van der Waals surface area contributed by atoms with Crippen molar-refractivity contribution in [2.45, 2.75) is 6.92 Å². The lowest BCUT2D eigenvalue weighted by molar-refractivity contribution is 0.877. The molecule has 0 saturated heterocycles. The van der Waals surface area contributed by atoms with E-state index < -0.39 is 0 Å². The van der Waals surface area contributed by atoms with Gasteiger partial charge in [0.15, 0.2) is 5.65 Å². The lowest BCUT2D eigenvalue weighted by atomic mass is 10.1. The molecular formula is C16H15Cl2N5. The van der Waals surface area contributed by atoms with Gasteiger partial charge in [0.1, 0.15) is 0 Å². The van der Waals surface area contributed by atoms with Gasteiger partial charge in [-0.2, -0.15) is 5.10 Å². The van der Waals surface area contributed by atoms with Crippen LogP contribution in [-0.2, 0) is 0 Å². The van der Waals surface area contributed by atoms with Gasteiger partial charge >= 0.3 is 0 Å². The largest absolute Gasteiger partial charge is 0.398 e. The summed E-state index contributed by atoms with van der Waals surface area (Å²) in [5.74, 6) is 0. The highest BCUT2D eigenvalue weighted by Gasteiger charge is 2.15. The molecule has 0 radical (unpaired) electrons. The second-order valence-corrected chi connectivity index (χ2v) is 4.94. The van der Waals surface area contributed by atoms with Crippen LogP contribution in [0, 0.1) is 6.92 Å². The highest BCUT2D eigenvalue weighted by atomic mass is 35.5. The molecular weight excluding hydrogens is 333 g/mol. The van der Waals surface area contributed by atoms with Gasteiger partial charge < -0.3 is 5.73 Å². The number of aromatic nitrogens is 4. The maximum Gasteiger partial charge on any atom is 0.165 e. The predicted molar refractivity (Wildman–Crippen MR) is 97.8 cm³/mol. The third-order valence-corrected chi connectivity index (χ3v) is 3.63. The SMILES string of the molecule is Cc1nn(-c2ccncc2)c2nc3ccccc3c(N)c12.Cl.Cl. The summed E-state index contributed by atoms with van der Waals surface area (Å²) >= 11 is 0. The van der Waals surface area contributed by atoms with E-state index >= 15 is 0 Å². The minimum absolute atomic E-state index is 0. The number of para-hydroxylation sites is 1. The van der Waals surface area contributed by atoms with E-state index in [1.165, 1.54) is 0 Å². The lowest BCUT2D eigenvalue weighted by Gasteiger charge is -2.05. The number of nitrogens with zero attached hydrogens (tertiary/aromatic N) is 4. The molecule has 0 amide bonds. The van der Waals surface area contributed by atoms with Crippen LogP contribution in [0.5, 0.6) is 0 Å². The number of benzene rings is 1. The number of hydrogen-bond acceptors (Lipinski definition) is 4. The van der Waals surface area contributed by atoms with Crippen LogP contribution in [0.25, 0.3) is 27.6 Å². The van der Waals surface area contributed by atoms with E-state index in [1.54, 1.807) is 12.4 Å². The smallest absolute Gasteiger partial charge is 0.165 e. The molecule has 5 nitrogen and oxygen atoms in total. The van der Waals surface area contributed by atoms with Gasteiger partial charge in [0.05, 0.1) is 28.0 Å². The van der Waals surface area contributed by atoms with E-state index in [4.69, 9.17) is 10.7 Å². The van der Waals surface area contributed by atoms with E-state index in [1.807, 2.05) is 48.0 Å². The summed E-state index contributed by atoms with van der Waals surface area (Å²) in [5.41, 5.74) is 10.5. The summed E-state index contributed by atoms with van der Waals surface area (Å²) in [6, 6.07) is 11.7. The maximum atomic E-state index is 6.34. The first kappa shape index (κ1) is 17.0. The molecule has 2 N–H and O–H groups in total. The molecule has 0 atom stereocenters. The van der Waals surface area contributed by atoms with Crippen molar-refractivity contribution < 1.29 is 0 Å². The second-order valence-electron chi connectivity index (χ2n) is 4.94. The Morgan fingerprint density at radius 1 is 1.00 bits per heavy atom. The third kappa shape index (κ3) is 2.58. The van der Waals surface area contributed by atoms with Crippen molar-refractivity contribution in [1.29, 1.82) is 0 Å². The molecule has 1 aromatic carbocycles. The number of anilines is 1. The van der Waals surface area contributed by atoms with Crippen molar-refractivity contribution in [2.75, 3.05) is 5.73 Å². The van der Waals surface area contributed by atoms with Crippen molar-refractivity contribution in [3.05, 3.63) is 54.5 Å². The second kappa shape index (κ2) is 6.40. The molecule has 0 spiro atoms. The maximum absolute atomic E-state index is 6.34. The number of nitrogens with two attached hydrogens (primary N) is 1. The molecule has 4 aromatic rings. The molecule has 0 unspecified atom stereocenters. The van der Waals surface area contributed by atoms with Gasteiger partial charge in [0.2, 0.25) is 0 Å². The zero-order chi connectivity index (χ0) is 14.4. The Labute approximate surface area is 145 Å². The van der Waals surface area contributed by atoms with Gasteiger partial charge in [-0.05, 0) is 25.1 Å². The fraction of sp³-hybridized carbons (Fsp3) is 0.0625. The van der Waals surface area contributed by atoms with Gasteiger partial charge in [0, 0.05) is 17.8 Å². The number of hydrogen-bond donors (Lipinski definition) is 1. The average Bonchev–Trinajstić information content (AvgIpc) is 2.86. The van der Waals surface area contributed by atoms with Crippen molar-refractivity contribution in [3.8, 4) is 5.69 Å². The Balaban J connectivity index is 0.000000960. The summed E-state index contributed by atoms with van der Waals surface area (Å²) in [5, 5.41) is 6.46. The van der Waals surface area contributed by atoms with Crippen LogP contribution in [0.3, 0.4) is 0 Å². The fourth-order valence-electron chi connectivity index (χ4n) is 2.65. The number of rotatable bonds is 1. The first-order chi connectivity index (χ1) is 10.3. The third-order valence-electron chi connectivity index (χ3n) is 3.63. The normalized spacial score (nSPS) is 10.3. The monoisotopic (exact) mass is 347 g/mol. The molecule has 23 heavy (non-hydrogen) atoms. The molecule has 0 aliphatic heterocycles. The van der Waals surface area contributed by atoms with Crippen molar-refractivity contribution in [1.82, 2.24) is 19.7 Å². The van der Waals surface area contributed by atoms with Gasteiger partial charge in [-0.1, -0.05) is 18.2 Å². The summed E-state index contributed by atoms with van der Waals surface area (Å²) in [6.07, 6.45) is 3.48. The van der Waals surface area contributed by atoms with E-state index in [0.717, 1.165) is 39.0 Å². The van der Waals surface area contributed by atoms with Crippen LogP contribution in [-0.4, -0.2) is 19.7 Å². The predicted octanol–water partition coefficient (Wildman–Crippen LogP) is 3.70. The molecule has 3 heterocycles. The van der Waals surface area contributed by atoms with Crippen LogP contribution in [0.15, 0.2) is 48.8 Å². The number of fused-ring (bicyclic) bond motifs is 2. The van der Waals surface area contributed by atoms with E-state index in [0.29, 0.717) is 0 Å². The van der Waals surface area contributed by atoms with Crippen LogP contribution in [0.1, 0.15) is 5.69 Å². The number of pyridine rings is 2. The highest BCUT2D eigenvalue weighted by molar-refractivity contribution is 6.06. The highest BCUT2D eigenvalue weighted by Crippen LogP contribution is 2.31. The Morgan fingerprint density at radius 3 is 2.43 bits per heavy atom. The minimum Gasteiger partial charge on any atom is -0.398 e. The zero-order valence-corrected chi connectivity index (χ0v) is 13.9. The van der Waals surface area contributed by atoms with Gasteiger partial charge in [0.25, 0.3) is 0 Å². The van der Waals surface area contributed by atoms with Gasteiger partial charge in [-0.25, -0.2) is 9.67 Å². The quantitative estimate of drug-likeness (QED) is 0.569. The molecule has 0 aliphatic carbocycles. The topological polar surface area (TPSA) is 69.6 Å². The molecule has 0 saturated carbocycles. The van der Waals surface area contributed by atoms with Crippen molar-refractivity contribution >= 4 is 52.4 Å². The number of nitrogen functional groups attached to an aromatic ring is 1. The first-order valence-corrected chi connectivity index (χ1v) is 6.69. The Bertz CT molecular complexity index is 966. The molecule has 0 bridgehead atoms. The first-order valence-electron chi connectivity index (χ1n) is 6.69. The molecule has 3 aromatic heterocycles. The Morgan fingerprint density at radius 2 is 1.70 bits per heavy atom. The average molecular weight is 348 g/mol. The van der Waals surface area contributed by atoms with Crippen LogP contribution < -0.4 is 5.73 Å². The number of halogens is 2. The summed E-state index contributed by atoms with van der Waals surface area (Å²) in [4.78, 5) is 8.77. The Hall–Kier alpha value is -2.37. The van der Waals surface area contributed by atoms with Gasteiger partial charge in [-0.3, -0.25) is 4.98 Å². The van der Waals surface area contributed by atoms with E-state index in [2.05, 4.69) is 10.1 Å². The van der Waals surface area contributed by atoms with Crippen LogP contribution >= 0.6 is 24.8 Å². The lowest BCUT2D eigenvalue weighted by Crippen LogP contribution is -1.99.